The molecule has 0 aromatic heterocycles. The summed E-state index contributed by atoms with van der Waals surface area (Å²) in [4.78, 5) is 16.3. The fourth-order valence-electron chi connectivity index (χ4n) is 2.97. The first-order valence-corrected chi connectivity index (χ1v) is 11.2. The van der Waals surface area contributed by atoms with E-state index in [1.165, 1.54) is 6.26 Å². The molecule has 0 radical (unpaired) electrons. The van der Waals surface area contributed by atoms with Crippen molar-refractivity contribution in [2.45, 2.75) is 44.0 Å². The molecule has 2 rings (SSSR count). The molecule has 1 aliphatic carbocycles. The van der Waals surface area contributed by atoms with Crippen molar-refractivity contribution < 1.29 is 13.2 Å². The van der Waals surface area contributed by atoms with Crippen LogP contribution in [0.25, 0.3) is 0 Å². The molecule has 0 bridgehead atoms. The van der Waals surface area contributed by atoms with E-state index in [1.54, 1.807) is 26.1 Å². The Morgan fingerprint density at radius 3 is 2.44 bits per heavy atom. The van der Waals surface area contributed by atoms with Crippen molar-refractivity contribution in [2.75, 3.05) is 26.4 Å². The summed E-state index contributed by atoms with van der Waals surface area (Å²) in [6.45, 7) is 3.70. The van der Waals surface area contributed by atoms with Gasteiger partial charge in [-0.25, -0.2) is 8.42 Å². The lowest BCUT2D eigenvalue weighted by atomic mass is 9.85. The molecule has 150 valence electrons. The average Bonchev–Trinajstić information content (AvgIpc) is 2.54. The quantitative estimate of drug-likeness (QED) is 0.351. The van der Waals surface area contributed by atoms with Crippen molar-refractivity contribution in [3.05, 3.63) is 29.3 Å². The molecule has 0 atom stereocenters. The molecule has 0 spiro atoms. The molecule has 3 N–H and O–H groups in total. The van der Waals surface area contributed by atoms with Gasteiger partial charge >= 0.3 is 0 Å². The van der Waals surface area contributed by atoms with Crippen molar-refractivity contribution in [3.63, 3.8) is 0 Å². The Labute approximate surface area is 162 Å². The number of rotatable bonds is 8. The third kappa shape index (κ3) is 6.53. The van der Waals surface area contributed by atoms with Crippen LogP contribution in [0.4, 0.5) is 0 Å². The van der Waals surface area contributed by atoms with Crippen molar-refractivity contribution in [1.29, 1.82) is 0 Å². The number of nitrogens with zero attached hydrogens (tertiary/aromatic N) is 1. The van der Waals surface area contributed by atoms with Gasteiger partial charge in [-0.15, -0.1) is 0 Å². The van der Waals surface area contributed by atoms with Gasteiger partial charge in [0.05, 0.1) is 4.90 Å². The third-order valence-electron chi connectivity index (χ3n) is 4.74. The summed E-state index contributed by atoms with van der Waals surface area (Å²) in [5, 5.41) is 9.39. The van der Waals surface area contributed by atoms with Gasteiger partial charge in [0.25, 0.3) is 0 Å². The number of hydrogen-bond donors (Lipinski definition) is 3. The van der Waals surface area contributed by atoms with Crippen LogP contribution >= 0.6 is 0 Å². The fourth-order valence-corrected chi connectivity index (χ4v) is 3.92. The number of guanidine groups is 1. The molecule has 0 aliphatic heterocycles. The maximum absolute atomic E-state index is 11.7. The van der Waals surface area contributed by atoms with Crippen LogP contribution in [-0.2, 0) is 21.2 Å². The second kappa shape index (κ2) is 9.73. The van der Waals surface area contributed by atoms with Gasteiger partial charge < -0.3 is 16.0 Å². The van der Waals surface area contributed by atoms with Crippen LogP contribution in [0.1, 0.15) is 36.8 Å². The SMILES string of the molecule is CN=C(NCCCNC(=O)C1CCC1)NCc1ccc(S(C)(=O)=O)c(C)c1. The van der Waals surface area contributed by atoms with Crippen LogP contribution in [0.5, 0.6) is 0 Å². The van der Waals surface area contributed by atoms with Crippen molar-refractivity contribution in [2.24, 2.45) is 10.9 Å². The summed E-state index contributed by atoms with van der Waals surface area (Å²) < 4.78 is 23.4. The minimum atomic E-state index is -3.20. The zero-order chi connectivity index (χ0) is 19.9. The lowest BCUT2D eigenvalue weighted by molar-refractivity contribution is -0.127. The number of amides is 1. The molecule has 1 saturated carbocycles. The molecule has 1 amide bonds. The number of aliphatic imine (C=N–C) groups is 1. The molecule has 1 aromatic carbocycles. The second-order valence-corrected chi connectivity index (χ2v) is 8.98. The van der Waals surface area contributed by atoms with Gasteiger partial charge in [-0.3, -0.25) is 9.79 Å². The standard InChI is InChI=1S/C19H30N4O3S/c1-14-12-15(8-9-17(14)27(3,25)26)13-23-19(20-2)22-11-5-10-21-18(24)16-6-4-7-16/h8-9,12,16H,4-7,10-11,13H2,1-3H3,(H,21,24)(H2,20,22,23). The zero-order valence-electron chi connectivity index (χ0n) is 16.3. The van der Waals surface area contributed by atoms with E-state index in [9.17, 15) is 13.2 Å². The first kappa shape index (κ1) is 21.2. The van der Waals surface area contributed by atoms with Gasteiger partial charge in [-0.1, -0.05) is 18.6 Å². The Hall–Kier alpha value is -2.09. The average molecular weight is 395 g/mol. The van der Waals surface area contributed by atoms with E-state index < -0.39 is 9.84 Å². The minimum absolute atomic E-state index is 0.177. The van der Waals surface area contributed by atoms with Gasteiger partial charge in [0.1, 0.15) is 0 Å². The van der Waals surface area contributed by atoms with Crippen LogP contribution < -0.4 is 16.0 Å². The van der Waals surface area contributed by atoms with Gasteiger partial charge in [-0.05, 0) is 43.4 Å². The maximum Gasteiger partial charge on any atom is 0.223 e. The lowest BCUT2D eigenvalue weighted by Crippen LogP contribution is -2.39. The van der Waals surface area contributed by atoms with Crippen molar-refractivity contribution in [1.82, 2.24) is 16.0 Å². The van der Waals surface area contributed by atoms with Crippen LogP contribution in [0.3, 0.4) is 0 Å². The number of hydrogen-bond acceptors (Lipinski definition) is 4. The van der Waals surface area contributed by atoms with Crippen molar-refractivity contribution in [3.8, 4) is 0 Å². The number of carbonyl (C=O) groups excluding carboxylic acids is 1. The summed E-state index contributed by atoms with van der Waals surface area (Å²) in [6, 6.07) is 5.31. The molecule has 0 heterocycles. The fraction of sp³-hybridized carbons (Fsp3) is 0.579. The molecule has 27 heavy (non-hydrogen) atoms. The predicted molar refractivity (Wildman–Crippen MR) is 107 cm³/mol. The summed E-state index contributed by atoms with van der Waals surface area (Å²) in [7, 11) is -1.50. The number of aryl methyl sites for hydroxylation is 1. The van der Waals surface area contributed by atoms with Crippen LogP contribution in [0, 0.1) is 12.8 Å². The highest BCUT2D eigenvalue weighted by molar-refractivity contribution is 7.90. The largest absolute Gasteiger partial charge is 0.356 e. The highest BCUT2D eigenvalue weighted by atomic mass is 32.2. The van der Waals surface area contributed by atoms with Crippen LogP contribution in [0.15, 0.2) is 28.1 Å². The Balaban J connectivity index is 1.70. The van der Waals surface area contributed by atoms with Crippen LogP contribution in [-0.4, -0.2) is 46.7 Å². The predicted octanol–water partition coefficient (Wildman–Crippen LogP) is 1.37. The van der Waals surface area contributed by atoms with E-state index in [-0.39, 0.29) is 11.8 Å². The Morgan fingerprint density at radius 2 is 1.89 bits per heavy atom. The number of benzene rings is 1. The summed E-state index contributed by atoms with van der Waals surface area (Å²) in [5.41, 5.74) is 1.72. The molecule has 1 aromatic rings. The van der Waals surface area contributed by atoms with Crippen molar-refractivity contribution >= 4 is 21.7 Å². The smallest absolute Gasteiger partial charge is 0.223 e. The highest BCUT2D eigenvalue weighted by Crippen LogP contribution is 2.26. The first-order valence-electron chi connectivity index (χ1n) is 9.33. The highest BCUT2D eigenvalue weighted by Gasteiger charge is 2.24. The topological polar surface area (TPSA) is 99.7 Å². The van der Waals surface area contributed by atoms with E-state index in [0.29, 0.717) is 30.5 Å². The molecule has 8 heteroatoms. The second-order valence-electron chi connectivity index (χ2n) is 7.00. The Kier molecular flexibility index (Phi) is 7.65. The first-order chi connectivity index (χ1) is 12.8. The molecule has 0 unspecified atom stereocenters. The van der Waals surface area contributed by atoms with Crippen LogP contribution in [0.2, 0.25) is 0 Å². The maximum atomic E-state index is 11.7. The lowest BCUT2D eigenvalue weighted by Gasteiger charge is -2.24. The molecule has 1 aliphatic rings. The van der Waals surface area contributed by atoms with Gasteiger partial charge in [0.15, 0.2) is 15.8 Å². The van der Waals surface area contributed by atoms with Gasteiger partial charge in [-0.2, -0.15) is 0 Å². The molecular weight excluding hydrogens is 364 g/mol. The number of sulfone groups is 1. The van der Waals surface area contributed by atoms with Gasteiger partial charge in [0.2, 0.25) is 5.91 Å². The molecule has 1 fully saturated rings. The zero-order valence-corrected chi connectivity index (χ0v) is 17.2. The molecular formula is C19H30N4O3S. The molecule has 7 nitrogen and oxygen atoms in total. The minimum Gasteiger partial charge on any atom is -0.356 e. The Morgan fingerprint density at radius 1 is 1.19 bits per heavy atom. The summed E-state index contributed by atoms with van der Waals surface area (Å²) >= 11 is 0. The summed E-state index contributed by atoms with van der Waals surface area (Å²) in [5.74, 6) is 1.08. The number of carbonyl (C=O) groups is 1. The monoisotopic (exact) mass is 394 g/mol. The van der Waals surface area contributed by atoms with E-state index in [4.69, 9.17) is 0 Å². The number of nitrogens with one attached hydrogen (secondary N) is 3. The van der Waals surface area contributed by atoms with E-state index in [0.717, 1.165) is 36.8 Å². The van der Waals surface area contributed by atoms with E-state index in [1.807, 2.05) is 6.07 Å². The van der Waals surface area contributed by atoms with Gasteiger partial charge in [0, 0.05) is 38.9 Å². The van der Waals surface area contributed by atoms with E-state index >= 15 is 0 Å². The summed E-state index contributed by atoms with van der Waals surface area (Å²) in [6.07, 6.45) is 5.24. The Bertz CT molecular complexity index is 786. The molecule has 0 saturated heterocycles. The van der Waals surface area contributed by atoms with E-state index in [2.05, 4.69) is 20.9 Å². The third-order valence-corrected chi connectivity index (χ3v) is 6.00. The normalized spacial score (nSPS) is 15.1.